The van der Waals surface area contributed by atoms with Crippen LogP contribution in [0.1, 0.15) is 11.1 Å². The minimum Gasteiger partial charge on any atom is -0.496 e. The Balaban J connectivity index is 2.55. The van der Waals surface area contributed by atoms with Gasteiger partial charge in [-0.3, -0.25) is 0 Å². The Morgan fingerprint density at radius 2 is 1.96 bits per heavy atom. The fourth-order valence-electron chi connectivity index (χ4n) is 2.01. The second kappa shape index (κ2) is 7.84. The van der Waals surface area contributed by atoms with E-state index in [1.54, 1.807) is 24.3 Å². The second-order valence-corrected chi connectivity index (χ2v) is 6.26. The predicted octanol–water partition coefficient (Wildman–Crippen LogP) is 5.62. The summed E-state index contributed by atoms with van der Waals surface area (Å²) in [6.45, 7) is 0. The summed E-state index contributed by atoms with van der Waals surface area (Å²) in [5.41, 5.74) is -0.898. The number of halogens is 4. The Morgan fingerprint density at radius 3 is 2.56 bits per heavy atom. The van der Waals surface area contributed by atoms with Crippen LogP contribution in [-0.4, -0.2) is 18.2 Å². The molecule has 25 heavy (non-hydrogen) atoms. The molecule has 8 heteroatoms. The van der Waals surface area contributed by atoms with Crippen molar-refractivity contribution in [3.05, 3.63) is 58.6 Å². The van der Waals surface area contributed by atoms with Crippen molar-refractivity contribution in [1.29, 1.82) is 0 Å². The third kappa shape index (κ3) is 4.93. The van der Waals surface area contributed by atoms with Gasteiger partial charge < -0.3 is 9.84 Å². The fraction of sp³-hybridized carbons (Fsp3) is 0.118. The average Bonchev–Trinajstić information content (AvgIpc) is 2.54. The maximum absolute atomic E-state index is 13.4. The van der Waals surface area contributed by atoms with Crippen LogP contribution in [0, 0.1) is 0 Å². The molecule has 2 aromatic rings. The van der Waals surface area contributed by atoms with Gasteiger partial charge in [-0.1, -0.05) is 35.5 Å². The van der Waals surface area contributed by atoms with Crippen molar-refractivity contribution in [2.75, 3.05) is 7.11 Å². The van der Waals surface area contributed by atoms with Gasteiger partial charge in [0.2, 0.25) is 0 Å². The lowest BCUT2D eigenvalue weighted by Gasteiger charge is -2.16. The molecule has 0 aliphatic carbocycles. The van der Waals surface area contributed by atoms with Gasteiger partial charge in [0.15, 0.2) is 0 Å². The summed E-state index contributed by atoms with van der Waals surface area (Å²) in [7, 11) is 1.42. The summed E-state index contributed by atoms with van der Waals surface area (Å²) in [4.78, 5) is 10.9. The van der Waals surface area contributed by atoms with Gasteiger partial charge in [-0.2, -0.15) is 13.2 Å². The molecule has 2 aromatic carbocycles. The quantitative estimate of drug-likeness (QED) is 0.675. The van der Waals surface area contributed by atoms with Crippen molar-refractivity contribution in [3.8, 4) is 5.75 Å². The standard InChI is InChI=1S/C17H12ClF3O3S/c1-24-13-4-2-3-5-14(13)25-16-11(17(19,20)21)8-10(9-12(16)18)6-7-15(22)23/h2-9H,1H3,(H,22,23)/b7-6+. The smallest absolute Gasteiger partial charge is 0.417 e. The first kappa shape index (κ1) is 19.2. The number of carbonyl (C=O) groups is 1. The monoisotopic (exact) mass is 388 g/mol. The van der Waals surface area contributed by atoms with Crippen LogP contribution >= 0.6 is 23.4 Å². The van der Waals surface area contributed by atoms with Crippen molar-refractivity contribution in [1.82, 2.24) is 0 Å². The summed E-state index contributed by atoms with van der Waals surface area (Å²) in [6.07, 6.45) is -2.85. The molecular weight excluding hydrogens is 377 g/mol. The number of hydrogen-bond donors (Lipinski definition) is 1. The van der Waals surface area contributed by atoms with Crippen molar-refractivity contribution in [2.45, 2.75) is 16.0 Å². The number of carboxylic acid groups (broad SMARTS) is 1. The molecule has 0 aromatic heterocycles. The molecule has 0 saturated heterocycles. The second-order valence-electron chi connectivity index (χ2n) is 4.80. The van der Waals surface area contributed by atoms with Gasteiger partial charge in [0, 0.05) is 11.0 Å². The number of hydrogen-bond acceptors (Lipinski definition) is 3. The molecule has 0 radical (unpaired) electrons. The number of para-hydroxylation sites is 1. The van der Waals surface area contributed by atoms with Gasteiger partial charge in [0.25, 0.3) is 0 Å². The number of ether oxygens (including phenoxy) is 1. The van der Waals surface area contributed by atoms with E-state index in [1.165, 1.54) is 13.2 Å². The fourth-order valence-corrected chi connectivity index (χ4v) is 3.41. The van der Waals surface area contributed by atoms with Gasteiger partial charge in [-0.25, -0.2) is 4.79 Å². The Morgan fingerprint density at radius 1 is 1.28 bits per heavy atom. The minimum atomic E-state index is -4.65. The van der Waals surface area contributed by atoms with Crippen molar-refractivity contribution in [2.24, 2.45) is 0 Å². The third-order valence-electron chi connectivity index (χ3n) is 3.07. The highest BCUT2D eigenvalue weighted by Gasteiger charge is 2.35. The molecule has 0 unspecified atom stereocenters. The van der Waals surface area contributed by atoms with E-state index in [0.717, 1.165) is 30.0 Å². The molecule has 0 amide bonds. The van der Waals surface area contributed by atoms with E-state index in [9.17, 15) is 18.0 Å². The zero-order valence-electron chi connectivity index (χ0n) is 12.8. The van der Waals surface area contributed by atoms with Crippen LogP contribution in [-0.2, 0) is 11.0 Å². The first-order chi connectivity index (χ1) is 11.7. The number of methoxy groups -OCH3 is 1. The topological polar surface area (TPSA) is 46.5 Å². The van der Waals surface area contributed by atoms with Crippen LogP contribution in [0.25, 0.3) is 6.08 Å². The highest BCUT2D eigenvalue weighted by atomic mass is 35.5. The summed E-state index contributed by atoms with van der Waals surface area (Å²) in [5.74, 6) is -0.844. The number of rotatable bonds is 5. The summed E-state index contributed by atoms with van der Waals surface area (Å²) >= 11 is 6.89. The van der Waals surface area contributed by atoms with E-state index >= 15 is 0 Å². The molecule has 0 bridgehead atoms. The lowest BCUT2D eigenvalue weighted by Crippen LogP contribution is -2.08. The molecular formula is C17H12ClF3O3S. The lowest BCUT2D eigenvalue weighted by atomic mass is 10.1. The largest absolute Gasteiger partial charge is 0.496 e. The van der Waals surface area contributed by atoms with Crippen LogP contribution < -0.4 is 4.74 Å². The van der Waals surface area contributed by atoms with Crippen LogP contribution in [0.2, 0.25) is 5.02 Å². The molecule has 0 fully saturated rings. The van der Waals surface area contributed by atoms with E-state index in [2.05, 4.69) is 0 Å². The Labute approximate surface area is 151 Å². The Bertz CT molecular complexity index is 819. The molecule has 132 valence electrons. The van der Waals surface area contributed by atoms with Gasteiger partial charge in [-0.15, -0.1) is 0 Å². The van der Waals surface area contributed by atoms with Crippen molar-refractivity contribution >= 4 is 35.4 Å². The normalized spacial score (nSPS) is 11.7. The zero-order chi connectivity index (χ0) is 18.6. The maximum atomic E-state index is 13.4. The maximum Gasteiger partial charge on any atom is 0.417 e. The van der Waals surface area contributed by atoms with Gasteiger partial charge in [-0.05, 0) is 35.9 Å². The van der Waals surface area contributed by atoms with Crippen LogP contribution in [0.15, 0.2) is 52.3 Å². The van der Waals surface area contributed by atoms with Crippen LogP contribution in [0.5, 0.6) is 5.75 Å². The highest BCUT2D eigenvalue weighted by molar-refractivity contribution is 7.99. The van der Waals surface area contributed by atoms with E-state index < -0.39 is 17.7 Å². The van der Waals surface area contributed by atoms with E-state index in [-0.39, 0.29) is 15.5 Å². The first-order valence-electron chi connectivity index (χ1n) is 6.85. The van der Waals surface area contributed by atoms with Gasteiger partial charge in [0.05, 0.1) is 22.6 Å². The van der Waals surface area contributed by atoms with Crippen LogP contribution in [0.4, 0.5) is 13.2 Å². The highest BCUT2D eigenvalue weighted by Crippen LogP contribution is 2.46. The van der Waals surface area contributed by atoms with E-state index in [0.29, 0.717) is 10.6 Å². The van der Waals surface area contributed by atoms with Crippen molar-refractivity contribution < 1.29 is 27.8 Å². The Hall–Kier alpha value is -2.12. The molecule has 0 saturated carbocycles. The molecule has 3 nitrogen and oxygen atoms in total. The molecule has 0 aliphatic heterocycles. The molecule has 0 heterocycles. The number of carboxylic acids is 1. The third-order valence-corrected chi connectivity index (χ3v) is 4.68. The molecule has 2 rings (SSSR count). The summed E-state index contributed by atoms with van der Waals surface area (Å²) in [5, 5.41) is 8.49. The minimum absolute atomic E-state index is 0.0455. The number of benzene rings is 2. The Kier molecular flexibility index (Phi) is 6.02. The lowest BCUT2D eigenvalue weighted by molar-refractivity contribution is -0.139. The van der Waals surface area contributed by atoms with E-state index in [4.69, 9.17) is 21.4 Å². The molecule has 0 spiro atoms. The molecule has 1 N–H and O–H groups in total. The SMILES string of the molecule is COc1ccccc1Sc1c(Cl)cc(/C=C/C(=O)O)cc1C(F)(F)F. The predicted molar refractivity (Wildman–Crippen MR) is 90.2 cm³/mol. The van der Waals surface area contributed by atoms with Gasteiger partial charge >= 0.3 is 12.1 Å². The van der Waals surface area contributed by atoms with Gasteiger partial charge in [0.1, 0.15) is 5.75 Å². The molecule has 0 atom stereocenters. The molecule has 0 aliphatic rings. The van der Waals surface area contributed by atoms with E-state index in [1.807, 2.05) is 0 Å². The summed E-state index contributed by atoms with van der Waals surface area (Å²) < 4.78 is 45.5. The van der Waals surface area contributed by atoms with Crippen LogP contribution in [0.3, 0.4) is 0 Å². The summed E-state index contributed by atoms with van der Waals surface area (Å²) in [6, 6.07) is 8.79. The average molecular weight is 389 g/mol. The first-order valence-corrected chi connectivity index (χ1v) is 8.04. The zero-order valence-corrected chi connectivity index (χ0v) is 14.4. The number of aliphatic carboxylic acids is 1. The van der Waals surface area contributed by atoms with Crippen molar-refractivity contribution in [3.63, 3.8) is 0 Å². The number of alkyl halides is 3.